The van der Waals surface area contributed by atoms with Gasteiger partial charge in [-0.15, -0.1) is 0 Å². The molecule has 126 valence electrons. The van der Waals surface area contributed by atoms with Gasteiger partial charge in [0.05, 0.1) is 34.4 Å². The molecule has 6 nitrogen and oxygen atoms in total. The van der Waals surface area contributed by atoms with E-state index in [1.807, 2.05) is 54.6 Å². The lowest BCUT2D eigenvalue weighted by Crippen LogP contribution is -2.26. The number of fused-ring (bicyclic) bond motifs is 4. The normalized spacial score (nSPS) is 14.4. The summed E-state index contributed by atoms with van der Waals surface area (Å²) in [5.74, 6) is -0.576. The van der Waals surface area contributed by atoms with Crippen LogP contribution < -0.4 is 10.2 Å². The predicted molar refractivity (Wildman–Crippen MR) is 100 cm³/mol. The molecule has 0 bridgehead atoms. The van der Waals surface area contributed by atoms with Crippen LogP contribution in [0.2, 0.25) is 0 Å². The van der Waals surface area contributed by atoms with Crippen molar-refractivity contribution in [1.29, 1.82) is 0 Å². The average molecular weight is 342 g/mol. The number of nitrogens with one attached hydrogen (secondary N) is 2. The molecular formula is C20H14N4O2. The Balaban J connectivity index is 1.78. The third-order valence-electron chi connectivity index (χ3n) is 4.64. The second-order valence-electron chi connectivity index (χ2n) is 6.24. The first kappa shape index (κ1) is 14.7. The molecule has 6 heteroatoms. The second-order valence-corrected chi connectivity index (χ2v) is 6.24. The summed E-state index contributed by atoms with van der Waals surface area (Å²) in [6.07, 6.45) is 1.41. The molecule has 0 saturated carbocycles. The fourth-order valence-corrected chi connectivity index (χ4v) is 3.46. The first-order valence-corrected chi connectivity index (χ1v) is 8.28. The van der Waals surface area contributed by atoms with Gasteiger partial charge in [-0.1, -0.05) is 30.3 Å². The number of anilines is 3. The Bertz CT molecular complexity index is 1190. The van der Waals surface area contributed by atoms with Crippen molar-refractivity contribution in [1.82, 2.24) is 9.97 Å². The molecule has 1 aromatic heterocycles. The van der Waals surface area contributed by atoms with E-state index in [0.717, 1.165) is 21.8 Å². The van der Waals surface area contributed by atoms with Crippen LogP contribution in [-0.4, -0.2) is 21.8 Å². The maximum atomic E-state index is 12.8. The number of H-pyrrole nitrogens is 1. The van der Waals surface area contributed by atoms with Crippen molar-refractivity contribution >= 4 is 50.7 Å². The minimum absolute atomic E-state index is 0.204. The number of hydrogen-bond acceptors (Lipinski definition) is 3. The van der Waals surface area contributed by atoms with E-state index in [-0.39, 0.29) is 18.2 Å². The van der Waals surface area contributed by atoms with Crippen LogP contribution in [0.3, 0.4) is 0 Å². The molecule has 2 amide bonds. The van der Waals surface area contributed by atoms with Gasteiger partial charge in [0.25, 0.3) is 0 Å². The number of imidazole rings is 1. The third kappa shape index (κ3) is 2.16. The van der Waals surface area contributed by atoms with Crippen molar-refractivity contribution in [2.75, 3.05) is 10.2 Å². The molecule has 0 spiro atoms. The molecule has 0 saturated heterocycles. The minimum atomic E-state index is -0.308. The number of aromatic nitrogens is 2. The molecule has 0 unspecified atom stereocenters. The van der Waals surface area contributed by atoms with Gasteiger partial charge in [0.2, 0.25) is 11.8 Å². The van der Waals surface area contributed by atoms with Crippen molar-refractivity contribution in [3.63, 3.8) is 0 Å². The third-order valence-corrected chi connectivity index (χ3v) is 4.64. The summed E-state index contributed by atoms with van der Waals surface area (Å²) in [7, 11) is 0. The van der Waals surface area contributed by atoms with Crippen molar-refractivity contribution < 1.29 is 9.59 Å². The molecule has 0 aliphatic carbocycles. The summed E-state index contributed by atoms with van der Waals surface area (Å²) in [6, 6.07) is 17.2. The number of aromatic amines is 1. The molecule has 1 aliphatic rings. The topological polar surface area (TPSA) is 78.1 Å². The smallest absolute Gasteiger partial charge is 0.241 e. The van der Waals surface area contributed by atoms with E-state index < -0.39 is 0 Å². The highest BCUT2D eigenvalue weighted by molar-refractivity contribution is 6.21. The van der Waals surface area contributed by atoms with Gasteiger partial charge < -0.3 is 10.3 Å². The summed E-state index contributed by atoms with van der Waals surface area (Å²) in [5.41, 5.74) is 3.67. The number of carbonyl (C=O) groups excluding carboxylic acids is 2. The number of carbonyl (C=O) groups is 2. The zero-order chi connectivity index (χ0) is 17.7. The molecule has 1 aliphatic heterocycles. The van der Waals surface area contributed by atoms with Gasteiger partial charge in [-0.25, -0.2) is 4.98 Å². The molecule has 5 rings (SSSR count). The largest absolute Gasteiger partial charge is 0.345 e. The quantitative estimate of drug-likeness (QED) is 0.518. The Morgan fingerprint density at radius 2 is 1.88 bits per heavy atom. The first-order valence-electron chi connectivity index (χ1n) is 8.28. The summed E-state index contributed by atoms with van der Waals surface area (Å²) in [6.45, 7) is 0. The summed E-state index contributed by atoms with van der Waals surface area (Å²) >= 11 is 0. The fraction of sp³-hybridized carbons (Fsp3) is 0.0500. The standard InChI is InChI=1S/C20H14N4O2/c25-18-10-19(26)24(13-6-7-15-16(9-13)22-11-21-15)17-8-5-12-3-1-2-4-14(12)20(17)23-18/h1-9,11H,10H2,(H,21,22)(H,23,25). The number of rotatable bonds is 1. The lowest BCUT2D eigenvalue weighted by Gasteiger charge is -2.23. The van der Waals surface area contributed by atoms with E-state index in [2.05, 4.69) is 15.3 Å². The highest BCUT2D eigenvalue weighted by Crippen LogP contribution is 2.40. The van der Waals surface area contributed by atoms with E-state index in [4.69, 9.17) is 0 Å². The average Bonchev–Trinajstić information content (AvgIpc) is 3.06. The number of amides is 2. The number of benzene rings is 3. The molecule has 26 heavy (non-hydrogen) atoms. The van der Waals surface area contributed by atoms with E-state index in [9.17, 15) is 9.59 Å². The van der Waals surface area contributed by atoms with Crippen LogP contribution in [0, 0.1) is 0 Å². The number of hydrogen-bond donors (Lipinski definition) is 2. The van der Waals surface area contributed by atoms with Crippen LogP contribution in [0.25, 0.3) is 21.8 Å². The van der Waals surface area contributed by atoms with Crippen molar-refractivity contribution in [2.45, 2.75) is 6.42 Å². The van der Waals surface area contributed by atoms with E-state index in [0.29, 0.717) is 17.1 Å². The van der Waals surface area contributed by atoms with E-state index >= 15 is 0 Å². The highest BCUT2D eigenvalue weighted by Gasteiger charge is 2.28. The molecule has 0 fully saturated rings. The minimum Gasteiger partial charge on any atom is -0.345 e. The van der Waals surface area contributed by atoms with Gasteiger partial charge in [-0.2, -0.15) is 0 Å². The van der Waals surface area contributed by atoms with Gasteiger partial charge in [0.1, 0.15) is 6.42 Å². The maximum absolute atomic E-state index is 12.8. The zero-order valence-electron chi connectivity index (χ0n) is 13.7. The predicted octanol–water partition coefficient (Wildman–Crippen LogP) is 3.72. The lowest BCUT2D eigenvalue weighted by molar-refractivity contribution is -0.124. The van der Waals surface area contributed by atoms with Crippen LogP contribution >= 0.6 is 0 Å². The van der Waals surface area contributed by atoms with Crippen LogP contribution in [0.1, 0.15) is 6.42 Å². The van der Waals surface area contributed by atoms with Gasteiger partial charge >= 0.3 is 0 Å². The van der Waals surface area contributed by atoms with Crippen LogP contribution in [-0.2, 0) is 9.59 Å². The fourth-order valence-electron chi connectivity index (χ4n) is 3.46. The molecular weight excluding hydrogens is 328 g/mol. The van der Waals surface area contributed by atoms with Crippen molar-refractivity contribution in [2.24, 2.45) is 0 Å². The van der Waals surface area contributed by atoms with Crippen LogP contribution in [0.15, 0.2) is 60.9 Å². The molecule has 0 radical (unpaired) electrons. The zero-order valence-corrected chi connectivity index (χ0v) is 13.7. The second kappa shape index (κ2) is 5.42. The molecule has 2 heterocycles. The summed E-state index contributed by atoms with van der Waals surface area (Å²) < 4.78 is 0. The molecule has 2 N–H and O–H groups in total. The van der Waals surface area contributed by atoms with Crippen LogP contribution in [0.5, 0.6) is 0 Å². The Hall–Kier alpha value is -3.67. The van der Waals surface area contributed by atoms with E-state index in [1.54, 1.807) is 11.2 Å². The summed E-state index contributed by atoms with van der Waals surface area (Å²) in [5, 5.41) is 4.81. The SMILES string of the molecule is O=C1CC(=O)N(c2ccc3nc[nH]c3c2)c2ccc3ccccc3c2N1. The molecule has 4 aromatic rings. The molecule has 3 aromatic carbocycles. The lowest BCUT2D eigenvalue weighted by atomic mass is 10.1. The van der Waals surface area contributed by atoms with Crippen LogP contribution in [0.4, 0.5) is 17.1 Å². The Morgan fingerprint density at radius 1 is 1.00 bits per heavy atom. The van der Waals surface area contributed by atoms with Gasteiger partial charge in [-0.3, -0.25) is 14.5 Å². The number of nitrogens with zero attached hydrogens (tertiary/aromatic N) is 2. The highest BCUT2D eigenvalue weighted by atomic mass is 16.2. The van der Waals surface area contributed by atoms with Gasteiger partial charge in [-0.05, 0) is 29.7 Å². The Labute approximate surface area is 148 Å². The van der Waals surface area contributed by atoms with E-state index in [1.165, 1.54) is 0 Å². The van der Waals surface area contributed by atoms with Gasteiger partial charge in [0, 0.05) is 5.39 Å². The first-order chi connectivity index (χ1) is 12.7. The Morgan fingerprint density at radius 3 is 2.81 bits per heavy atom. The van der Waals surface area contributed by atoms with Gasteiger partial charge in [0.15, 0.2) is 0 Å². The summed E-state index contributed by atoms with van der Waals surface area (Å²) in [4.78, 5) is 34.0. The van der Waals surface area contributed by atoms with Crippen molar-refractivity contribution in [3.8, 4) is 0 Å². The van der Waals surface area contributed by atoms with Crippen molar-refractivity contribution in [3.05, 3.63) is 60.9 Å². The molecule has 0 atom stereocenters. The Kier molecular flexibility index (Phi) is 3.05. The maximum Gasteiger partial charge on any atom is 0.241 e. The monoisotopic (exact) mass is 342 g/mol.